The Labute approximate surface area is 185 Å². The largest absolute Gasteiger partial charge is 0.323 e. The minimum atomic E-state index is -0.367. The molecule has 154 valence electrons. The van der Waals surface area contributed by atoms with Crippen molar-refractivity contribution < 1.29 is 9.59 Å². The molecule has 5 rings (SSSR count). The fourth-order valence-electron chi connectivity index (χ4n) is 3.61. The summed E-state index contributed by atoms with van der Waals surface area (Å²) in [5, 5.41) is 5.69. The van der Waals surface area contributed by atoms with Gasteiger partial charge in [-0.05, 0) is 29.8 Å². The fourth-order valence-corrected chi connectivity index (χ4v) is 4.64. The highest BCUT2D eigenvalue weighted by Crippen LogP contribution is 2.32. The van der Waals surface area contributed by atoms with Gasteiger partial charge in [0.2, 0.25) is 11.8 Å². The highest BCUT2D eigenvalue weighted by atomic mass is 35.5. The van der Waals surface area contributed by atoms with E-state index in [0.717, 1.165) is 11.1 Å². The molecule has 0 bridgehead atoms. The van der Waals surface area contributed by atoms with Gasteiger partial charge in [0.25, 0.3) is 5.56 Å². The van der Waals surface area contributed by atoms with E-state index in [9.17, 15) is 14.4 Å². The number of benzene rings is 2. The van der Waals surface area contributed by atoms with Crippen molar-refractivity contribution >= 4 is 56.3 Å². The van der Waals surface area contributed by atoms with E-state index in [2.05, 4.69) is 10.3 Å². The lowest BCUT2D eigenvalue weighted by atomic mass is 10.1. The van der Waals surface area contributed by atoms with Crippen molar-refractivity contribution in [2.75, 3.05) is 16.8 Å². The number of hydrogen-bond donors (Lipinski definition) is 1. The molecular weight excluding hydrogens is 436 g/mol. The number of nitrogens with one attached hydrogen (secondary N) is 1. The second-order valence-electron chi connectivity index (χ2n) is 7.06. The third-order valence-corrected chi connectivity index (χ3v) is 6.23. The molecule has 2 amide bonds. The Morgan fingerprint density at radius 3 is 2.71 bits per heavy atom. The average Bonchev–Trinajstić information content (AvgIpc) is 3.20. The van der Waals surface area contributed by atoms with Crippen LogP contribution in [0, 0.1) is 0 Å². The maximum atomic E-state index is 13.2. The highest BCUT2D eigenvalue weighted by Gasteiger charge is 2.27. The summed E-state index contributed by atoms with van der Waals surface area (Å²) in [5.74, 6) is -0.648. The van der Waals surface area contributed by atoms with Crippen LogP contribution in [0.15, 0.2) is 65.0 Å². The number of halogens is 1. The average molecular weight is 451 g/mol. The van der Waals surface area contributed by atoms with Gasteiger partial charge < -0.3 is 5.32 Å². The van der Waals surface area contributed by atoms with Crippen molar-refractivity contribution in [3.05, 3.63) is 75.6 Å². The first-order chi connectivity index (χ1) is 15.0. The predicted octanol–water partition coefficient (Wildman–Crippen LogP) is 3.76. The predicted molar refractivity (Wildman–Crippen MR) is 122 cm³/mol. The number of nitrogens with zero attached hydrogens (tertiary/aromatic N) is 3. The summed E-state index contributed by atoms with van der Waals surface area (Å²) in [7, 11) is 0. The van der Waals surface area contributed by atoms with E-state index in [4.69, 9.17) is 11.6 Å². The minimum absolute atomic E-state index is 0.102. The second-order valence-corrected chi connectivity index (χ2v) is 8.35. The Hall–Kier alpha value is -3.49. The van der Waals surface area contributed by atoms with E-state index >= 15 is 0 Å². The lowest BCUT2D eigenvalue weighted by molar-refractivity contribution is -0.122. The van der Waals surface area contributed by atoms with E-state index in [-0.39, 0.29) is 30.5 Å². The van der Waals surface area contributed by atoms with Crippen LogP contribution in [-0.4, -0.2) is 27.9 Å². The highest BCUT2D eigenvalue weighted by molar-refractivity contribution is 7.17. The number of amides is 2. The number of para-hydroxylation sites is 2. The molecule has 2 aromatic carbocycles. The number of fused-ring (bicyclic) bond motifs is 2. The van der Waals surface area contributed by atoms with Crippen LogP contribution in [0.4, 0.5) is 11.4 Å². The van der Waals surface area contributed by atoms with Gasteiger partial charge in [0.1, 0.15) is 17.9 Å². The standard InChI is InChI=1S/C22H15ClN4O3S/c23-14-7-5-13(6-8-14)15-11-31-21-20(15)22(30)26(12-24-21)10-19(29)27-9-18(28)25-16-3-1-2-4-17(16)27/h1-8,11-12H,9-10H2,(H,25,28). The molecule has 0 radical (unpaired) electrons. The first-order valence-electron chi connectivity index (χ1n) is 9.43. The van der Waals surface area contributed by atoms with Crippen LogP contribution in [0.2, 0.25) is 5.02 Å². The molecule has 0 unspecified atom stereocenters. The summed E-state index contributed by atoms with van der Waals surface area (Å²) < 4.78 is 1.28. The van der Waals surface area contributed by atoms with Crippen LogP contribution in [-0.2, 0) is 16.1 Å². The number of thiophene rings is 1. The monoisotopic (exact) mass is 450 g/mol. The third kappa shape index (κ3) is 3.49. The van der Waals surface area contributed by atoms with E-state index in [1.54, 1.807) is 36.4 Å². The van der Waals surface area contributed by atoms with Crippen LogP contribution in [0.3, 0.4) is 0 Å². The molecule has 3 heterocycles. The van der Waals surface area contributed by atoms with Gasteiger partial charge in [-0.15, -0.1) is 11.3 Å². The Balaban J connectivity index is 1.52. The van der Waals surface area contributed by atoms with E-state index < -0.39 is 0 Å². The van der Waals surface area contributed by atoms with Gasteiger partial charge in [0, 0.05) is 16.0 Å². The molecule has 0 aliphatic carbocycles. The van der Waals surface area contributed by atoms with Crippen molar-refractivity contribution in [2.45, 2.75) is 6.54 Å². The summed E-state index contributed by atoms with van der Waals surface area (Å²) in [4.78, 5) is 44.7. The van der Waals surface area contributed by atoms with Gasteiger partial charge in [-0.3, -0.25) is 23.9 Å². The topological polar surface area (TPSA) is 84.3 Å². The van der Waals surface area contributed by atoms with Crippen LogP contribution in [0.25, 0.3) is 21.3 Å². The van der Waals surface area contributed by atoms with Crippen molar-refractivity contribution in [1.82, 2.24) is 9.55 Å². The zero-order chi connectivity index (χ0) is 21.5. The van der Waals surface area contributed by atoms with Gasteiger partial charge in [0.05, 0.1) is 23.1 Å². The molecule has 4 aromatic rings. The van der Waals surface area contributed by atoms with Crippen molar-refractivity contribution in [3.63, 3.8) is 0 Å². The molecule has 1 aliphatic heterocycles. The number of aromatic nitrogens is 2. The van der Waals surface area contributed by atoms with E-state index in [0.29, 0.717) is 26.6 Å². The number of carbonyl (C=O) groups excluding carboxylic acids is 2. The zero-order valence-corrected chi connectivity index (χ0v) is 17.6. The van der Waals surface area contributed by atoms with Crippen LogP contribution in [0.1, 0.15) is 0 Å². The fraction of sp³-hybridized carbons (Fsp3) is 0.0909. The Bertz CT molecular complexity index is 1390. The van der Waals surface area contributed by atoms with Crippen LogP contribution < -0.4 is 15.8 Å². The molecule has 0 saturated carbocycles. The van der Waals surface area contributed by atoms with Gasteiger partial charge >= 0.3 is 0 Å². The summed E-state index contributed by atoms with van der Waals surface area (Å²) >= 11 is 7.35. The molecule has 9 heteroatoms. The second kappa shape index (κ2) is 7.64. The molecule has 0 spiro atoms. The molecule has 2 aromatic heterocycles. The molecule has 0 saturated heterocycles. The first-order valence-corrected chi connectivity index (χ1v) is 10.7. The maximum Gasteiger partial charge on any atom is 0.263 e. The minimum Gasteiger partial charge on any atom is -0.323 e. The normalized spacial score (nSPS) is 13.2. The lowest BCUT2D eigenvalue weighted by Crippen LogP contribution is -2.44. The van der Waals surface area contributed by atoms with Gasteiger partial charge in [-0.2, -0.15) is 0 Å². The van der Waals surface area contributed by atoms with Gasteiger partial charge in [-0.25, -0.2) is 4.98 Å². The SMILES string of the molecule is O=C1CN(C(=O)Cn2cnc3scc(-c4ccc(Cl)cc4)c3c2=O)c2ccccc2N1. The van der Waals surface area contributed by atoms with Gasteiger partial charge in [-0.1, -0.05) is 35.9 Å². The number of hydrogen-bond acceptors (Lipinski definition) is 5. The third-order valence-electron chi connectivity index (χ3n) is 5.09. The summed E-state index contributed by atoms with van der Waals surface area (Å²) in [6.07, 6.45) is 1.38. The van der Waals surface area contributed by atoms with Crippen LogP contribution >= 0.6 is 22.9 Å². The zero-order valence-electron chi connectivity index (χ0n) is 16.0. The molecule has 0 fully saturated rings. The molecule has 1 aliphatic rings. The molecule has 1 N–H and O–H groups in total. The Kier molecular flexibility index (Phi) is 4.80. The summed E-state index contributed by atoms with van der Waals surface area (Å²) in [5.41, 5.74) is 2.46. The number of rotatable bonds is 3. The first kappa shape index (κ1) is 19.5. The Morgan fingerprint density at radius 1 is 1.13 bits per heavy atom. The van der Waals surface area contributed by atoms with Gasteiger partial charge in [0.15, 0.2) is 0 Å². The number of anilines is 2. The summed E-state index contributed by atoms with van der Waals surface area (Å²) in [6.45, 7) is -0.325. The molecule has 0 atom stereocenters. The van der Waals surface area contributed by atoms with Crippen molar-refractivity contribution in [2.24, 2.45) is 0 Å². The molecule has 7 nitrogen and oxygen atoms in total. The van der Waals surface area contributed by atoms with E-state index in [1.165, 1.54) is 27.1 Å². The van der Waals surface area contributed by atoms with Crippen molar-refractivity contribution in [1.29, 1.82) is 0 Å². The van der Waals surface area contributed by atoms with Crippen molar-refractivity contribution in [3.8, 4) is 11.1 Å². The van der Waals surface area contributed by atoms with E-state index in [1.807, 2.05) is 17.5 Å². The smallest absolute Gasteiger partial charge is 0.263 e. The lowest BCUT2D eigenvalue weighted by Gasteiger charge is -2.29. The summed E-state index contributed by atoms with van der Waals surface area (Å²) in [6, 6.07) is 14.3. The van der Waals surface area contributed by atoms with Crippen LogP contribution in [0.5, 0.6) is 0 Å². The molecule has 31 heavy (non-hydrogen) atoms. The maximum absolute atomic E-state index is 13.2. The Morgan fingerprint density at radius 2 is 1.90 bits per heavy atom. The quantitative estimate of drug-likeness (QED) is 0.515. The number of carbonyl (C=O) groups is 2. The molecular formula is C22H15ClN4O3S.